The molecule has 20 heavy (non-hydrogen) atoms. The van der Waals surface area contributed by atoms with Crippen LogP contribution in [0.1, 0.15) is 30.8 Å². The first kappa shape index (κ1) is 15.6. The topological polar surface area (TPSA) is 24.9 Å². The predicted octanol–water partition coefficient (Wildman–Crippen LogP) is 4.77. The molecule has 0 fully saturated rings. The summed E-state index contributed by atoms with van der Waals surface area (Å²) in [7, 11) is 0. The summed E-state index contributed by atoms with van der Waals surface area (Å²) in [6.45, 7) is 5.94. The van der Waals surface area contributed by atoms with E-state index in [0.29, 0.717) is 5.56 Å². The number of hydrogen-bond donors (Lipinski definition) is 1. The zero-order chi connectivity index (χ0) is 14.5. The van der Waals surface area contributed by atoms with Crippen LogP contribution >= 0.6 is 27.3 Å². The van der Waals surface area contributed by atoms with Crippen molar-refractivity contribution in [3.63, 3.8) is 0 Å². The van der Waals surface area contributed by atoms with Crippen molar-refractivity contribution in [2.45, 2.75) is 33.2 Å². The monoisotopic (exact) mass is 356 g/mol. The summed E-state index contributed by atoms with van der Waals surface area (Å²) >= 11 is 4.86. The second kappa shape index (κ2) is 7.29. The van der Waals surface area contributed by atoms with Gasteiger partial charge in [0.15, 0.2) is 0 Å². The Hall–Kier alpha value is -0.780. The fourth-order valence-corrected chi connectivity index (χ4v) is 3.41. The fourth-order valence-electron chi connectivity index (χ4n) is 1.97. The first-order chi connectivity index (χ1) is 9.65. The Balaban J connectivity index is 2.36. The SMILES string of the molecule is CCCc1nc(-c2ccc(Br)cc2F)sc1CNCC. The number of hydrogen-bond acceptors (Lipinski definition) is 3. The first-order valence-electron chi connectivity index (χ1n) is 6.80. The van der Waals surface area contributed by atoms with Crippen LogP contribution in [0.25, 0.3) is 10.6 Å². The molecule has 1 N–H and O–H groups in total. The lowest BCUT2D eigenvalue weighted by molar-refractivity contribution is 0.630. The van der Waals surface area contributed by atoms with Gasteiger partial charge in [0.05, 0.1) is 5.69 Å². The molecule has 1 heterocycles. The number of rotatable bonds is 6. The minimum absolute atomic E-state index is 0.230. The lowest BCUT2D eigenvalue weighted by Crippen LogP contribution is -2.11. The fraction of sp³-hybridized carbons (Fsp3) is 0.400. The minimum Gasteiger partial charge on any atom is -0.312 e. The van der Waals surface area contributed by atoms with Gasteiger partial charge in [-0.05, 0) is 31.2 Å². The van der Waals surface area contributed by atoms with Crippen molar-refractivity contribution in [2.24, 2.45) is 0 Å². The second-order valence-electron chi connectivity index (χ2n) is 4.54. The molecule has 5 heteroatoms. The molecule has 0 saturated heterocycles. The van der Waals surface area contributed by atoms with E-state index in [0.717, 1.165) is 41.1 Å². The van der Waals surface area contributed by atoms with Crippen LogP contribution < -0.4 is 5.32 Å². The molecule has 2 aromatic rings. The van der Waals surface area contributed by atoms with E-state index in [2.05, 4.69) is 40.1 Å². The summed E-state index contributed by atoms with van der Waals surface area (Å²) in [4.78, 5) is 5.85. The van der Waals surface area contributed by atoms with Gasteiger partial charge in [0.2, 0.25) is 0 Å². The van der Waals surface area contributed by atoms with Gasteiger partial charge in [0, 0.05) is 21.5 Å². The molecule has 0 amide bonds. The summed E-state index contributed by atoms with van der Waals surface area (Å²) in [5.41, 5.74) is 1.68. The van der Waals surface area contributed by atoms with E-state index >= 15 is 0 Å². The minimum atomic E-state index is -0.230. The van der Waals surface area contributed by atoms with E-state index in [1.165, 1.54) is 10.9 Å². The van der Waals surface area contributed by atoms with Gasteiger partial charge in [-0.3, -0.25) is 0 Å². The summed E-state index contributed by atoms with van der Waals surface area (Å²) in [5.74, 6) is -0.230. The normalized spacial score (nSPS) is 11.0. The molecule has 0 bridgehead atoms. The van der Waals surface area contributed by atoms with E-state index in [9.17, 15) is 4.39 Å². The van der Waals surface area contributed by atoms with E-state index < -0.39 is 0 Å². The van der Waals surface area contributed by atoms with Crippen LogP contribution in [0.5, 0.6) is 0 Å². The summed E-state index contributed by atoms with van der Waals surface area (Å²) < 4.78 is 14.8. The smallest absolute Gasteiger partial charge is 0.134 e. The van der Waals surface area contributed by atoms with Gasteiger partial charge < -0.3 is 5.32 Å². The molecule has 0 saturated carbocycles. The van der Waals surface area contributed by atoms with Crippen LogP contribution in [0.4, 0.5) is 4.39 Å². The number of nitrogens with zero attached hydrogens (tertiary/aromatic N) is 1. The summed E-state index contributed by atoms with van der Waals surface area (Å²) in [6, 6.07) is 5.12. The molecule has 0 unspecified atom stereocenters. The van der Waals surface area contributed by atoms with E-state index in [4.69, 9.17) is 0 Å². The highest BCUT2D eigenvalue weighted by molar-refractivity contribution is 9.10. The molecule has 1 aromatic carbocycles. The highest BCUT2D eigenvalue weighted by Crippen LogP contribution is 2.31. The predicted molar refractivity (Wildman–Crippen MR) is 86.6 cm³/mol. The van der Waals surface area contributed by atoms with Crippen LogP contribution in [0.2, 0.25) is 0 Å². The zero-order valence-electron chi connectivity index (χ0n) is 11.7. The van der Waals surface area contributed by atoms with Crippen LogP contribution in [0.3, 0.4) is 0 Å². The molecule has 0 aliphatic heterocycles. The van der Waals surface area contributed by atoms with E-state index in [1.54, 1.807) is 17.4 Å². The van der Waals surface area contributed by atoms with Crippen LogP contribution in [0.15, 0.2) is 22.7 Å². The van der Waals surface area contributed by atoms with Crippen LogP contribution in [-0.4, -0.2) is 11.5 Å². The molecule has 0 spiro atoms. The first-order valence-corrected chi connectivity index (χ1v) is 8.41. The molecular weight excluding hydrogens is 339 g/mol. The Morgan fingerprint density at radius 3 is 2.80 bits per heavy atom. The van der Waals surface area contributed by atoms with Crippen molar-refractivity contribution in [1.82, 2.24) is 10.3 Å². The van der Waals surface area contributed by atoms with Gasteiger partial charge in [-0.1, -0.05) is 36.2 Å². The molecule has 0 radical (unpaired) electrons. The van der Waals surface area contributed by atoms with E-state index in [1.807, 2.05) is 6.07 Å². The molecule has 0 atom stereocenters. The Morgan fingerprint density at radius 1 is 1.35 bits per heavy atom. The van der Waals surface area contributed by atoms with Crippen molar-refractivity contribution in [3.05, 3.63) is 39.1 Å². The number of aromatic nitrogens is 1. The van der Waals surface area contributed by atoms with Crippen molar-refractivity contribution in [3.8, 4) is 10.6 Å². The zero-order valence-corrected chi connectivity index (χ0v) is 14.1. The van der Waals surface area contributed by atoms with Crippen molar-refractivity contribution in [1.29, 1.82) is 0 Å². The van der Waals surface area contributed by atoms with Crippen molar-refractivity contribution in [2.75, 3.05) is 6.54 Å². The van der Waals surface area contributed by atoms with Gasteiger partial charge >= 0.3 is 0 Å². The van der Waals surface area contributed by atoms with Gasteiger partial charge in [-0.2, -0.15) is 0 Å². The quantitative estimate of drug-likeness (QED) is 0.805. The van der Waals surface area contributed by atoms with Crippen molar-refractivity contribution < 1.29 is 4.39 Å². The molecule has 0 aliphatic rings. The Kier molecular flexibility index (Phi) is 5.69. The van der Waals surface area contributed by atoms with Crippen LogP contribution in [0, 0.1) is 5.82 Å². The Bertz CT molecular complexity index is 583. The Morgan fingerprint density at radius 2 is 2.15 bits per heavy atom. The lowest BCUT2D eigenvalue weighted by Gasteiger charge is -2.00. The molecule has 2 nitrogen and oxygen atoms in total. The summed E-state index contributed by atoms with van der Waals surface area (Å²) in [5, 5.41) is 4.09. The van der Waals surface area contributed by atoms with Gasteiger partial charge in [0.25, 0.3) is 0 Å². The maximum Gasteiger partial charge on any atom is 0.134 e. The lowest BCUT2D eigenvalue weighted by atomic mass is 10.2. The molecule has 0 aliphatic carbocycles. The largest absolute Gasteiger partial charge is 0.312 e. The third-order valence-corrected chi connectivity index (χ3v) is 4.59. The van der Waals surface area contributed by atoms with Crippen LogP contribution in [-0.2, 0) is 13.0 Å². The number of halogens is 2. The third kappa shape index (κ3) is 3.65. The molecule has 2 rings (SSSR count). The number of benzene rings is 1. The van der Waals surface area contributed by atoms with Gasteiger partial charge in [0.1, 0.15) is 10.8 Å². The average molecular weight is 357 g/mol. The number of thiazole rings is 1. The third-order valence-electron chi connectivity index (χ3n) is 2.96. The highest BCUT2D eigenvalue weighted by atomic mass is 79.9. The Labute approximate surface area is 131 Å². The average Bonchev–Trinajstić information content (AvgIpc) is 2.80. The second-order valence-corrected chi connectivity index (χ2v) is 6.54. The van der Waals surface area contributed by atoms with Crippen molar-refractivity contribution >= 4 is 27.3 Å². The molecule has 1 aromatic heterocycles. The molecule has 108 valence electrons. The molecular formula is C15H18BrFN2S. The standard InChI is InChI=1S/C15H18BrFN2S/c1-3-5-13-14(9-18-4-2)20-15(19-13)11-7-6-10(16)8-12(11)17/h6-8,18H,3-5,9H2,1-2H3. The number of nitrogens with one attached hydrogen (secondary N) is 1. The summed E-state index contributed by atoms with van der Waals surface area (Å²) in [6.07, 6.45) is 1.99. The maximum absolute atomic E-state index is 14.0. The van der Waals surface area contributed by atoms with E-state index in [-0.39, 0.29) is 5.82 Å². The van der Waals surface area contributed by atoms with Gasteiger partial charge in [-0.15, -0.1) is 11.3 Å². The van der Waals surface area contributed by atoms with Gasteiger partial charge in [-0.25, -0.2) is 9.37 Å². The highest BCUT2D eigenvalue weighted by Gasteiger charge is 2.14. The number of aryl methyl sites for hydroxylation is 1. The maximum atomic E-state index is 14.0.